The molecule has 11 heteroatoms. The average Bonchev–Trinajstić information content (AvgIpc) is 2.88. The maximum Gasteiger partial charge on any atom is 0.209 e. The Kier molecular flexibility index (Phi) is 7.56. The molecule has 0 saturated carbocycles. The van der Waals surface area contributed by atoms with Gasteiger partial charge in [-0.15, -0.1) is 34.2 Å². The van der Waals surface area contributed by atoms with Crippen molar-refractivity contribution in [3.8, 4) is 0 Å². The lowest BCUT2D eigenvalue weighted by molar-refractivity contribution is 0.446. The Morgan fingerprint density at radius 3 is 2.64 bits per heavy atom. The minimum atomic E-state index is -3.28. The second kappa shape index (κ2) is 8.76. The molecule has 2 rings (SSSR count). The van der Waals surface area contributed by atoms with Crippen LogP contribution in [0.1, 0.15) is 19.7 Å². The number of rotatable bonds is 6. The highest BCUT2D eigenvalue weighted by atomic mass is 127. The molecule has 140 valence electrons. The number of guanidine groups is 1. The Morgan fingerprint density at radius 1 is 1.28 bits per heavy atom. The van der Waals surface area contributed by atoms with E-state index >= 15 is 0 Å². The third-order valence-corrected chi connectivity index (χ3v) is 4.10. The first-order valence-corrected chi connectivity index (χ1v) is 9.31. The summed E-state index contributed by atoms with van der Waals surface area (Å²) in [7, 11) is -1.63. The number of fused-ring (bicyclic) bond motifs is 1. The standard InChI is InChI=1S/C14H23N7O2S.HI/c1-14(2,20-24(4,22)23)10-17-13(15-3)16-9-12-19-18-11-7-5-6-8-21(11)12;/h5-8,20H,9-10H2,1-4H3,(H2,15,16,17);1H. The summed E-state index contributed by atoms with van der Waals surface area (Å²) in [6, 6.07) is 5.69. The first-order valence-electron chi connectivity index (χ1n) is 7.42. The molecule has 0 aliphatic carbocycles. The lowest BCUT2D eigenvalue weighted by atomic mass is 10.1. The minimum absolute atomic E-state index is 0. The zero-order chi connectivity index (χ0) is 17.8. The summed E-state index contributed by atoms with van der Waals surface area (Å²) < 4.78 is 27.2. The van der Waals surface area contributed by atoms with E-state index < -0.39 is 15.6 Å². The number of hydrogen-bond donors (Lipinski definition) is 3. The first kappa shape index (κ1) is 21.6. The second-order valence-corrected chi connectivity index (χ2v) is 7.83. The van der Waals surface area contributed by atoms with Crippen molar-refractivity contribution in [3.05, 3.63) is 30.2 Å². The molecule has 0 fully saturated rings. The SMILES string of the molecule is CN=C(NCc1nnc2ccccn12)NCC(C)(C)NS(C)(=O)=O.I. The molecule has 0 aliphatic rings. The van der Waals surface area contributed by atoms with E-state index in [0.717, 1.165) is 17.7 Å². The van der Waals surface area contributed by atoms with Crippen LogP contribution in [-0.2, 0) is 16.6 Å². The van der Waals surface area contributed by atoms with Gasteiger partial charge in [0, 0.05) is 25.3 Å². The van der Waals surface area contributed by atoms with Gasteiger partial charge in [-0.1, -0.05) is 6.07 Å². The Labute approximate surface area is 164 Å². The van der Waals surface area contributed by atoms with Crippen LogP contribution in [0.2, 0.25) is 0 Å². The van der Waals surface area contributed by atoms with E-state index in [-0.39, 0.29) is 24.0 Å². The summed E-state index contributed by atoms with van der Waals surface area (Å²) in [5, 5.41) is 14.5. The number of aromatic nitrogens is 3. The van der Waals surface area contributed by atoms with Crippen LogP contribution >= 0.6 is 24.0 Å². The van der Waals surface area contributed by atoms with Crippen molar-refractivity contribution < 1.29 is 8.42 Å². The van der Waals surface area contributed by atoms with Gasteiger partial charge in [0.15, 0.2) is 17.4 Å². The van der Waals surface area contributed by atoms with Crippen molar-refractivity contribution in [2.45, 2.75) is 25.9 Å². The zero-order valence-corrected chi connectivity index (χ0v) is 17.8. The van der Waals surface area contributed by atoms with Crippen LogP contribution in [0.3, 0.4) is 0 Å². The van der Waals surface area contributed by atoms with Gasteiger partial charge in [-0.25, -0.2) is 13.1 Å². The van der Waals surface area contributed by atoms with Gasteiger partial charge in [-0.3, -0.25) is 9.39 Å². The number of nitrogens with zero attached hydrogens (tertiary/aromatic N) is 4. The fourth-order valence-electron chi connectivity index (χ4n) is 2.24. The van der Waals surface area contributed by atoms with Crippen molar-refractivity contribution in [3.63, 3.8) is 0 Å². The van der Waals surface area contributed by atoms with Crippen LogP contribution in [-0.4, -0.2) is 54.4 Å². The number of sulfonamides is 1. The van der Waals surface area contributed by atoms with E-state index in [1.54, 1.807) is 20.9 Å². The molecule has 0 atom stereocenters. The quantitative estimate of drug-likeness (QED) is 0.312. The Hall–Kier alpha value is -1.47. The Morgan fingerprint density at radius 2 is 2.00 bits per heavy atom. The molecule has 9 nitrogen and oxygen atoms in total. The summed E-state index contributed by atoms with van der Waals surface area (Å²) in [6.45, 7) is 4.39. The molecule has 0 bridgehead atoms. The van der Waals surface area contributed by atoms with E-state index in [9.17, 15) is 8.42 Å². The van der Waals surface area contributed by atoms with Crippen LogP contribution in [0.15, 0.2) is 29.4 Å². The molecule has 2 aromatic heterocycles. The van der Waals surface area contributed by atoms with Gasteiger partial charge in [0.25, 0.3) is 0 Å². The third kappa shape index (κ3) is 6.74. The smallest absolute Gasteiger partial charge is 0.209 e. The molecule has 0 spiro atoms. The fourth-order valence-corrected chi connectivity index (χ4v) is 3.31. The average molecular weight is 481 g/mol. The van der Waals surface area contributed by atoms with E-state index in [1.165, 1.54) is 0 Å². The van der Waals surface area contributed by atoms with Gasteiger partial charge in [-0.2, -0.15) is 0 Å². The molecule has 0 saturated heterocycles. The van der Waals surface area contributed by atoms with Gasteiger partial charge in [0.1, 0.15) is 0 Å². The van der Waals surface area contributed by atoms with Gasteiger partial charge in [0.2, 0.25) is 10.0 Å². The normalized spacial score (nSPS) is 12.7. The lowest BCUT2D eigenvalue weighted by Gasteiger charge is -2.26. The Bertz CT molecular complexity index is 833. The third-order valence-electron chi connectivity index (χ3n) is 3.18. The lowest BCUT2D eigenvalue weighted by Crippen LogP contribution is -2.52. The fraction of sp³-hybridized carbons (Fsp3) is 0.500. The van der Waals surface area contributed by atoms with Crippen molar-refractivity contribution >= 4 is 45.6 Å². The predicted octanol–water partition coefficient (Wildman–Crippen LogP) is 0.340. The van der Waals surface area contributed by atoms with Crippen LogP contribution in [0.25, 0.3) is 5.65 Å². The van der Waals surface area contributed by atoms with Crippen molar-refractivity contribution in [1.29, 1.82) is 0 Å². The highest BCUT2D eigenvalue weighted by Crippen LogP contribution is 2.03. The first-order chi connectivity index (χ1) is 11.2. The number of pyridine rings is 1. The zero-order valence-electron chi connectivity index (χ0n) is 14.6. The van der Waals surface area contributed by atoms with E-state index in [2.05, 4.69) is 30.5 Å². The van der Waals surface area contributed by atoms with Gasteiger partial charge >= 0.3 is 0 Å². The maximum absolute atomic E-state index is 11.4. The number of halogens is 1. The van der Waals surface area contributed by atoms with E-state index in [4.69, 9.17) is 0 Å². The largest absolute Gasteiger partial charge is 0.355 e. The molecule has 2 aromatic rings. The summed E-state index contributed by atoms with van der Waals surface area (Å²) in [4.78, 5) is 4.13. The Balaban J connectivity index is 0.00000312. The number of nitrogens with one attached hydrogen (secondary N) is 3. The van der Waals surface area contributed by atoms with Crippen LogP contribution < -0.4 is 15.4 Å². The van der Waals surface area contributed by atoms with Crippen LogP contribution in [0.5, 0.6) is 0 Å². The van der Waals surface area contributed by atoms with Gasteiger partial charge in [-0.05, 0) is 26.0 Å². The molecule has 0 aliphatic heterocycles. The minimum Gasteiger partial charge on any atom is -0.355 e. The molecule has 2 heterocycles. The molecule has 0 unspecified atom stereocenters. The predicted molar refractivity (Wildman–Crippen MR) is 109 cm³/mol. The summed E-state index contributed by atoms with van der Waals surface area (Å²) in [5.41, 5.74) is 0.128. The molecular formula is C14H24IN7O2S. The van der Waals surface area contributed by atoms with Crippen LogP contribution in [0, 0.1) is 0 Å². The highest BCUT2D eigenvalue weighted by Gasteiger charge is 2.22. The van der Waals surface area contributed by atoms with E-state index in [0.29, 0.717) is 19.0 Å². The maximum atomic E-state index is 11.4. The van der Waals surface area contributed by atoms with Crippen molar-refractivity contribution in [1.82, 2.24) is 30.0 Å². The molecule has 0 radical (unpaired) electrons. The summed E-state index contributed by atoms with van der Waals surface area (Å²) in [6.07, 6.45) is 3.03. The van der Waals surface area contributed by atoms with Gasteiger partial charge in [0.05, 0.1) is 12.8 Å². The highest BCUT2D eigenvalue weighted by molar-refractivity contribution is 14.0. The monoisotopic (exact) mass is 481 g/mol. The molecule has 0 aromatic carbocycles. The second-order valence-electron chi connectivity index (χ2n) is 6.08. The molecular weight excluding hydrogens is 457 g/mol. The van der Waals surface area contributed by atoms with Crippen molar-refractivity contribution in [2.75, 3.05) is 19.8 Å². The molecule has 0 amide bonds. The number of aliphatic imine (C=N–C) groups is 1. The molecule has 25 heavy (non-hydrogen) atoms. The molecule has 3 N–H and O–H groups in total. The number of hydrogen-bond acceptors (Lipinski definition) is 5. The van der Waals surface area contributed by atoms with Gasteiger partial charge < -0.3 is 10.6 Å². The van der Waals surface area contributed by atoms with E-state index in [1.807, 2.05) is 28.8 Å². The summed E-state index contributed by atoms with van der Waals surface area (Å²) >= 11 is 0. The summed E-state index contributed by atoms with van der Waals surface area (Å²) in [5.74, 6) is 1.30. The van der Waals surface area contributed by atoms with Crippen molar-refractivity contribution in [2.24, 2.45) is 4.99 Å². The topological polar surface area (TPSA) is 113 Å². The van der Waals surface area contributed by atoms with Crippen LogP contribution in [0.4, 0.5) is 0 Å².